The van der Waals surface area contributed by atoms with E-state index >= 15 is 0 Å². The summed E-state index contributed by atoms with van der Waals surface area (Å²) in [5.74, 6) is 0.643. The molecule has 0 saturated heterocycles. The lowest BCUT2D eigenvalue weighted by Gasteiger charge is -2.19. The molecule has 3 aromatic carbocycles. The molecule has 0 aliphatic carbocycles. The van der Waals surface area contributed by atoms with Gasteiger partial charge in [-0.15, -0.1) is 0 Å². The first-order valence-electron chi connectivity index (χ1n) is 12.0. The minimum absolute atomic E-state index is 0.0124. The highest BCUT2D eigenvalue weighted by Gasteiger charge is 2.16. The number of fused-ring (bicyclic) bond motifs is 1. The Bertz CT molecular complexity index is 1420. The molecule has 2 N–H and O–H groups in total. The van der Waals surface area contributed by atoms with Crippen LogP contribution < -0.4 is 10.6 Å². The highest BCUT2D eigenvalue weighted by atomic mass is 35.5. The summed E-state index contributed by atoms with van der Waals surface area (Å²) in [7, 11) is 0. The van der Waals surface area contributed by atoms with E-state index in [-0.39, 0.29) is 16.4 Å². The summed E-state index contributed by atoms with van der Waals surface area (Å²) in [6, 6.07) is 19.0. The first kappa shape index (κ1) is 25.9. The van der Waals surface area contributed by atoms with Crippen LogP contribution in [0.3, 0.4) is 0 Å². The van der Waals surface area contributed by atoms with E-state index in [0.717, 1.165) is 28.6 Å². The fourth-order valence-corrected chi connectivity index (χ4v) is 4.18. The predicted molar refractivity (Wildman–Crippen MR) is 152 cm³/mol. The van der Waals surface area contributed by atoms with E-state index in [0.29, 0.717) is 28.1 Å². The number of anilines is 1. The number of carbonyl (C=O) groups is 1. The third-order valence-corrected chi connectivity index (χ3v) is 6.83. The maximum absolute atomic E-state index is 12.7. The molecule has 0 fully saturated rings. The van der Waals surface area contributed by atoms with Crippen molar-refractivity contribution in [2.75, 3.05) is 5.32 Å². The zero-order chi connectivity index (χ0) is 26.0. The molecule has 0 radical (unpaired) electrons. The number of nitrogens with zero attached hydrogens (tertiary/aromatic N) is 1. The number of oxazole rings is 1. The molecule has 7 heteroatoms. The second-order valence-corrected chi connectivity index (χ2v) is 10.8. The van der Waals surface area contributed by atoms with E-state index in [4.69, 9.17) is 28.2 Å². The van der Waals surface area contributed by atoms with E-state index in [2.05, 4.69) is 62.4 Å². The highest BCUT2D eigenvalue weighted by molar-refractivity contribution is 7.80. The highest BCUT2D eigenvalue weighted by Crippen LogP contribution is 2.32. The molecular weight excluding hydrogens is 490 g/mol. The normalized spacial score (nSPS) is 12.4. The first-order valence-corrected chi connectivity index (χ1v) is 12.8. The van der Waals surface area contributed by atoms with Crippen LogP contribution in [0.25, 0.3) is 22.6 Å². The zero-order valence-corrected chi connectivity index (χ0v) is 22.7. The Balaban J connectivity index is 1.49. The molecule has 0 saturated carbocycles. The van der Waals surface area contributed by atoms with Crippen molar-refractivity contribution < 1.29 is 9.21 Å². The van der Waals surface area contributed by atoms with Crippen LogP contribution in [0, 0.1) is 0 Å². The standard InChI is InChI=1S/C29H30ClN3O2S/c1-6-17(2)19-10-14-25-24(15-19)31-27(35-25)20-9-13-22(30)23(16-20)32-28(36)33-26(34)18-7-11-21(12-8-18)29(3,4)5/h7-17H,6H2,1-5H3,(H2,32,33,34,36). The second-order valence-electron chi connectivity index (χ2n) is 9.99. The van der Waals surface area contributed by atoms with E-state index in [9.17, 15) is 4.79 Å². The number of thiocarbonyl (C=S) groups is 1. The first-order chi connectivity index (χ1) is 17.0. The summed E-state index contributed by atoms with van der Waals surface area (Å²) >= 11 is 11.8. The molecule has 5 nitrogen and oxygen atoms in total. The van der Waals surface area contributed by atoms with Gasteiger partial charge in [0.05, 0.1) is 10.7 Å². The van der Waals surface area contributed by atoms with Crippen LogP contribution in [-0.4, -0.2) is 16.0 Å². The lowest BCUT2D eigenvalue weighted by atomic mass is 9.87. The number of carbonyl (C=O) groups excluding carboxylic acids is 1. The number of aromatic nitrogens is 1. The molecule has 186 valence electrons. The number of benzene rings is 3. The fraction of sp³-hybridized carbons (Fsp3) is 0.276. The maximum atomic E-state index is 12.7. The second kappa shape index (κ2) is 10.4. The van der Waals surface area contributed by atoms with Gasteiger partial charge in [-0.3, -0.25) is 10.1 Å². The Morgan fingerprint density at radius 2 is 1.81 bits per heavy atom. The molecule has 1 amide bonds. The van der Waals surface area contributed by atoms with Gasteiger partial charge in [0.1, 0.15) is 5.52 Å². The van der Waals surface area contributed by atoms with Crippen LogP contribution in [0.15, 0.2) is 65.1 Å². The molecule has 0 aliphatic rings. The third-order valence-electron chi connectivity index (χ3n) is 6.29. The molecule has 0 bridgehead atoms. The Morgan fingerprint density at radius 1 is 1.08 bits per heavy atom. The summed E-state index contributed by atoms with van der Waals surface area (Å²) in [5.41, 5.74) is 5.75. The average molecular weight is 520 g/mol. The van der Waals surface area contributed by atoms with Gasteiger partial charge in [0.25, 0.3) is 5.91 Å². The van der Waals surface area contributed by atoms with Crippen molar-refractivity contribution in [1.82, 2.24) is 10.3 Å². The van der Waals surface area contributed by atoms with Gasteiger partial charge in [0.2, 0.25) is 5.89 Å². The van der Waals surface area contributed by atoms with Gasteiger partial charge in [-0.25, -0.2) is 4.98 Å². The fourth-order valence-electron chi connectivity index (χ4n) is 3.81. The molecular formula is C29H30ClN3O2S. The Hall–Kier alpha value is -3.22. The number of hydrogen-bond acceptors (Lipinski definition) is 4. The van der Waals surface area contributed by atoms with E-state index in [1.165, 1.54) is 5.56 Å². The Kier molecular flexibility index (Phi) is 7.48. The molecule has 0 aliphatic heterocycles. The van der Waals surface area contributed by atoms with Gasteiger partial charge in [0, 0.05) is 11.1 Å². The van der Waals surface area contributed by atoms with Gasteiger partial charge < -0.3 is 9.73 Å². The van der Waals surface area contributed by atoms with Crippen molar-refractivity contribution in [3.8, 4) is 11.5 Å². The van der Waals surface area contributed by atoms with Crippen LogP contribution in [0.1, 0.15) is 68.4 Å². The van der Waals surface area contributed by atoms with Crippen molar-refractivity contribution in [2.45, 2.75) is 52.4 Å². The number of hydrogen-bond donors (Lipinski definition) is 2. The van der Waals surface area contributed by atoms with Crippen molar-refractivity contribution in [3.63, 3.8) is 0 Å². The number of nitrogens with one attached hydrogen (secondary N) is 2. The van der Waals surface area contributed by atoms with Crippen molar-refractivity contribution in [2.24, 2.45) is 0 Å². The minimum atomic E-state index is -0.295. The van der Waals surface area contributed by atoms with E-state index in [1.807, 2.05) is 24.3 Å². The summed E-state index contributed by atoms with van der Waals surface area (Å²) < 4.78 is 5.99. The smallest absolute Gasteiger partial charge is 0.257 e. The molecule has 0 spiro atoms. The van der Waals surface area contributed by atoms with Crippen LogP contribution in [0.5, 0.6) is 0 Å². The number of halogens is 1. The number of amides is 1. The van der Waals surface area contributed by atoms with Crippen LogP contribution in [0.4, 0.5) is 5.69 Å². The maximum Gasteiger partial charge on any atom is 0.257 e. The van der Waals surface area contributed by atoms with E-state index in [1.54, 1.807) is 24.3 Å². The van der Waals surface area contributed by atoms with Crippen LogP contribution in [-0.2, 0) is 5.41 Å². The van der Waals surface area contributed by atoms with E-state index < -0.39 is 0 Å². The summed E-state index contributed by atoms with van der Waals surface area (Å²) in [5, 5.41) is 6.34. The van der Waals surface area contributed by atoms with Gasteiger partial charge in [-0.2, -0.15) is 0 Å². The zero-order valence-electron chi connectivity index (χ0n) is 21.1. The molecule has 4 aromatic rings. The van der Waals surface area contributed by atoms with Gasteiger partial charge in [-0.1, -0.05) is 64.4 Å². The predicted octanol–water partition coefficient (Wildman–Crippen LogP) is 8.09. The average Bonchev–Trinajstić information content (AvgIpc) is 3.27. The summed E-state index contributed by atoms with van der Waals surface area (Å²) in [4.78, 5) is 17.4. The molecule has 36 heavy (non-hydrogen) atoms. The molecule has 4 rings (SSSR count). The summed E-state index contributed by atoms with van der Waals surface area (Å²) in [6.45, 7) is 10.8. The third kappa shape index (κ3) is 5.77. The van der Waals surface area contributed by atoms with Gasteiger partial charge in [0.15, 0.2) is 10.7 Å². The molecule has 1 unspecified atom stereocenters. The van der Waals surface area contributed by atoms with Crippen molar-refractivity contribution in [3.05, 3.63) is 82.4 Å². The van der Waals surface area contributed by atoms with Gasteiger partial charge >= 0.3 is 0 Å². The molecule has 1 heterocycles. The SMILES string of the molecule is CCC(C)c1ccc2oc(-c3ccc(Cl)c(NC(=S)NC(=O)c4ccc(C(C)(C)C)cc4)c3)nc2c1. The molecule has 1 atom stereocenters. The number of rotatable bonds is 5. The monoisotopic (exact) mass is 519 g/mol. The quantitative estimate of drug-likeness (QED) is 0.261. The summed E-state index contributed by atoms with van der Waals surface area (Å²) in [6.07, 6.45) is 1.06. The minimum Gasteiger partial charge on any atom is -0.436 e. The lowest BCUT2D eigenvalue weighted by molar-refractivity contribution is 0.0977. The topological polar surface area (TPSA) is 67.2 Å². The largest absolute Gasteiger partial charge is 0.436 e. The van der Waals surface area contributed by atoms with Gasteiger partial charge in [-0.05, 0) is 83.6 Å². The molecule has 1 aromatic heterocycles. The lowest BCUT2D eigenvalue weighted by Crippen LogP contribution is -2.34. The van der Waals surface area contributed by atoms with Crippen LogP contribution in [0.2, 0.25) is 5.02 Å². The van der Waals surface area contributed by atoms with Crippen molar-refractivity contribution in [1.29, 1.82) is 0 Å². The van der Waals surface area contributed by atoms with Crippen LogP contribution >= 0.6 is 23.8 Å². The van der Waals surface area contributed by atoms with Crippen molar-refractivity contribution >= 4 is 51.6 Å². The Labute approximate surface area is 222 Å². The Morgan fingerprint density at radius 3 is 2.47 bits per heavy atom.